The Balaban J connectivity index is 2.35. The van der Waals surface area contributed by atoms with Gasteiger partial charge in [-0.05, 0) is 47.0 Å². The Hall–Kier alpha value is -2.55. The number of anilines is 2. The maximum absolute atomic E-state index is 13.3. The normalized spacial score (nSPS) is 14.6. The first-order chi connectivity index (χ1) is 11.7. The van der Waals surface area contributed by atoms with E-state index < -0.39 is 0 Å². The third kappa shape index (κ3) is 2.55. The standard InChI is InChI=1S/C22H26N2O/c1-8-14-11-16(24(6)7)13-19-20(14)21(25)17-10-9-15(23(4)5)12-18(17)22(19,2)3/h8-13H,1H2,2-7H3. The van der Waals surface area contributed by atoms with Crippen LogP contribution in [0.15, 0.2) is 36.9 Å². The van der Waals surface area contributed by atoms with E-state index in [1.54, 1.807) is 6.08 Å². The van der Waals surface area contributed by atoms with Crippen LogP contribution in [0.2, 0.25) is 0 Å². The van der Waals surface area contributed by atoms with Gasteiger partial charge in [0, 0.05) is 56.1 Å². The number of ketones is 1. The van der Waals surface area contributed by atoms with Gasteiger partial charge < -0.3 is 9.80 Å². The molecule has 0 heterocycles. The fraction of sp³-hybridized carbons (Fsp3) is 0.318. The number of rotatable bonds is 3. The molecule has 0 fully saturated rings. The summed E-state index contributed by atoms with van der Waals surface area (Å²) < 4.78 is 0. The molecule has 0 spiro atoms. The van der Waals surface area contributed by atoms with Crippen molar-refractivity contribution in [1.29, 1.82) is 0 Å². The first-order valence-electron chi connectivity index (χ1n) is 8.53. The molecule has 0 atom stereocenters. The highest BCUT2D eigenvalue weighted by atomic mass is 16.1. The zero-order valence-electron chi connectivity index (χ0n) is 16.0. The molecule has 0 aliphatic heterocycles. The molecule has 0 radical (unpaired) electrons. The minimum Gasteiger partial charge on any atom is -0.378 e. The summed E-state index contributed by atoms with van der Waals surface area (Å²) in [4.78, 5) is 17.4. The van der Waals surface area contributed by atoms with Crippen molar-refractivity contribution >= 4 is 23.2 Å². The average Bonchev–Trinajstić information content (AvgIpc) is 2.58. The highest BCUT2D eigenvalue weighted by Gasteiger charge is 2.38. The molecule has 0 saturated carbocycles. The van der Waals surface area contributed by atoms with Crippen molar-refractivity contribution in [2.24, 2.45) is 0 Å². The summed E-state index contributed by atoms with van der Waals surface area (Å²) in [5, 5.41) is 0. The van der Waals surface area contributed by atoms with Gasteiger partial charge in [0.2, 0.25) is 0 Å². The van der Waals surface area contributed by atoms with E-state index in [2.05, 4.69) is 42.4 Å². The van der Waals surface area contributed by atoms with Crippen molar-refractivity contribution in [2.45, 2.75) is 19.3 Å². The van der Waals surface area contributed by atoms with E-state index in [4.69, 9.17) is 0 Å². The Morgan fingerprint density at radius 3 is 2.08 bits per heavy atom. The molecule has 0 aromatic heterocycles. The summed E-state index contributed by atoms with van der Waals surface area (Å²) in [5.74, 6) is 0.0924. The highest BCUT2D eigenvalue weighted by Crippen LogP contribution is 2.45. The van der Waals surface area contributed by atoms with Crippen molar-refractivity contribution in [3.05, 3.63) is 64.7 Å². The van der Waals surface area contributed by atoms with Crippen LogP contribution in [0, 0.1) is 0 Å². The number of benzene rings is 2. The van der Waals surface area contributed by atoms with Crippen LogP contribution in [0.25, 0.3) is 6.08 Å². The predicted molar refractivity (Wildman–Crippen MR) is 107 cm³/mol. The van der Waals surface area contributed by atoms with E-state index in [0.717, 1.165) is 39.2 Å². The maximum atomic E-state index is 13.3. The molecule has 3 heteroatoms. The smallest absolute Gasteiger partial charge is 0.194 e. The summed E-state index contributed by atoms with van der Waals surface area (Å²) in [6.45, 7) is 8.33. The summed E-state index contributed by atoms with van der Waals surface area (Å²) >= 11 is 0. The fourth-order valence-electron chi connectivity index (χ4n) is 3.62. The third-order valence-corrected chi connectivity index (χ3v) is 5.23. The van der Waals surface area contributed by atoms with Crippen LogP contribution in [0.4, 0.5) is 11.4 Å². The first-order valence-corrected chi connectivity index (χ1v) is 8.53. The van der Waals surface area contributed by atoms with Gasteiger partial charge in [-0.25, -0.2) is 0 Å². The van der Waals surface area contributed by atoms with E-state index in [1.165, 1.54) is 0 Å². The Morgan fingerprint density at radius 1 is 0.920 bits per heavy atom. The lowest BCUT2D eigenvalue weighted by Gasteiger charge is -2.36. The van der Waals surface area contributed by atoms with Crippen LogP contribution in [0.5, 0.6) is 0 Å². The Bertz CT molecular complexity index is 876. The van der Waals surface area contributed by atoms with Crippen molar-refractivity contribution in [2.75, 3.05) is 38.0 Å². The zero-order chi connectivity index (χ0) is 18.5. The van der Waals surface area contributed by atoms with E-state index in [9.17, 15) is 4.79 Å². The molecule has 0 saturated heterocycles. The first kappa shape index (κ1) is 17.3. The molecule has 25 heavy (non-hydrogen) atoms. The van der Waals surface area contributed by atoms with Gasteiger partial charge >= 0.3 is 0 Å². The lowest BCUT2D eigenvalue weighted by atomic mass is 9.67. The van der Waals surface area contributed by atoms with Gasteiger partial charge in [-0.3, -0.25) is 4.79 Å². The third-order valence-electron chi connectivity index (χ3n) is 5.23. The van der Waals surface area contributed by atoms with Crippen LogP contribution < -0.4 is 9.80 Å². The van der Waals surface area contributed by atoms with Crippen molar-refractivity contribution in [1.82, 2.24) is 0 Å². The lowest BCUT2D eigenvalue weighted by Crippen LogP contribution is -2.32. The van der Waals surface area contributed by atoms with Crippen molar-refractivity contribution in [3.63, 3.8) is 0 Å². The van der Waals surface area contributed by atoms with Gasteiger partial charge in [0.25, 0.3) is 0 Å². The van der Waals surface area contributed by atoms with E-state index in [0.29, 0.717) is 0 Å². The minimum atomic E-state index is -0.256. The molecule has 1 aliphatic carbocycles. The molecule has 0 N–H and O–H groups in total. The van der Waals surface area contributed by atoms with Crippen molar-refractivity contribution < 1.29 is 4.79 Å². The Labute approximate surface area is 150 Å². The topological polar surface area (TPSA) is 23.6 Å². The van der Waals surface area contributed by atoms with Crippen LogP contribution >= 0.6 is 0 Å². The second-order valence-electron chi connectivity index (χ2n) is 7.63. The summed E-state index contributed by atoms with van der Waals surface area (Å²) in [6.07, 6.45) is 1.79. The number of carbonyl (C=O) groups is 1. The van der Waals surface area contributed by atoms with Gasteiger partial charge in [0.15, 0.2) is 5.78 Å². The number of fused-ring (bicyclic) bond motifs is 2. The van der Waals surface area contributed by atoms with Crippen LogP contribution in [-0.2, 0) is 5.41 Å². The molecule has 2 aromatic carbocycles. The Morgan fingerprint density at radius 2 is 1.52 bits per heavy atom. The molecular weight excluding hydrogens is 308 g/mol. The summed E-state index contributed by atoms with van der Waals surface area (Å²) in [7, 11) is 8.08. The predicted octanol–water partition coefficient (Wildman–Crippen LogP) is 4.33. The van der Waals surface area contributed by atoms with Crippen LogP contribution in [-0.4, -0.2) is 34.0 Å². The largest absolute Gasteiger partial charge is 0.378 e. The molecule has 3 rings (SSSR count). The van der Waals surface area contributed by atoms with Gasteiger partial charge in [-0.15, -0.1) is 0 Å². The average molecular weight is 334 g/mol. The van der Waals surface area contributed by atoms with E-state index >= 15 is 0 Å². The fourth-order valence-corrected chi connectivity index (χ4v) is 3.62. The van der Waals surface area contributed by atoms with E-state index in [-0.39, 0.29) is 11.2 Å². The quantitative estimate of drug-likeness (QED) is 0.834. The number of hydrogen-bond donors (Lipinski definition) is 0. The monoisotopic (exact) mass is 334 g/mol. The zero-order valence-corrected chi connectivity index (χ0v) is 16.0. The van der Waals surface area contributed by atoms with Crippen LogP contribution in [0.3, 0.4) is 0 Å². The number of hydrogen-bond acceptors (Lipinski definition) is 3. The maximum Gasteiger partial charge on any atom is 0.194 e. The minimum absolute atomic E-state index is 0.0924. The SMILES string of the molecule is C=Cc1cc(N(C)C)cc2c1C(=O)c1ccc(N(C)C)cc1C2(C)C. The van der Waals surface area contributed by atoms with Crippen LogP contribution in [0.1, 0.15) is 46.5 Å². The molecule has 0 amide bonds. The molecule has 1 aliphatic rings. The molecular formula is C22H26N2O. The second-order valence-corrected chi connectivity index (χ2v) is 7.63. The highest BCUT2D eigenvalue weighted by molar-refractivity contribution is 6.15. The van der Waals surface area contributed by atoms with Gasteiger partial charge in [0.05, 0.1) is 0 Å². The van der Waals surface area contributed by atoms with Crippen molar-refractivity contribution in [3.8, 4) is 0 Å². The molecule has 2 aromatic rings. The lowest BCUT2D eigenvalue weighted by molar-refractivity contribution is 0.103. The summed E-state index contributed by atoms with van der Waals surface area (Å²) in [6, 6.07) is 10.3. The Kier molecular flexibility index (Phi) is 3.98. The van der Waals surface area contributed by atoms with Gasteiger partial charge in [-0.1, -0.05) is 26.5 Å². The molecule has 0 unspecified atom stereocenters. The van der Waals surface area contributed by atoms with Gasteiger partial charge in [0.1, 0.15) is 0 Å². The number of carbonyl (C=O) groups excluding carboxylic acids is 1. The molecule has 3 nitrogen and oxygen atoms in total. The second kappa shape index (κ2) is 5.76. The van der Waals surface area contributed by atoms with E-state index in [1.807, 2.05) is 46.4 Å². The number of nitrogens with zero attached hydrogens (tertiary/aromatic N) is 2. The summed E-state index contributed by atoms with van der Waals surface area (Å²) in [5.41, 5.74) is 6.58. The molecule has 0 bridgehead atoms. The van der Waals surface area contributed by atoms with Gasteiger partial charge in [-0.2, -0.15) is 0 Å². The molecule has 130 valence electrons.